The van der Waals surface area contributed by atoms with Gasteiger partial charge in [-0.25, -0.2) is 4.79 Å². The molecule has 3 aromatic rings. The van der Waals surface area contributed by atoms with E-state index in [-0.39, 0.29) is 30.4 Å². The molecule has 8 heteroatoms. The summed E-state index contributed by atoms with van der Waals surface area (Å²) in [6.45, 7) is -0.700. The lowest BCUT2D eigenvalue weighted by Gasteiger charge is -2.23. The third kappa shape index (κ3) is 5.94. The van der Waals surface area contributed by atoms with Crippen molar-refractivity contribution in [3.63, 3.8) is 0 Å². The summed E-state index contributed by atoms with van der Waals surface area (Å²) in [4.78, 5) is 38.6. The molecule has 0 saturated carbocycles. The minimum absolute atomic E-state index is 0.115. The van der Waals surface area contributed by atoms with Gasteiger partial charge in [0.05, 0.1) is 18.4 Å². The first kappa shape index (κ1) is 23.0. The second kappa shape index (κ2) is 11.1. The zero-order valence-corrected chi connectivity index (χ0v) is 18.0. The molecule has 0 unspecified atom stereocenters. The summed E-state index contributed by atoms with van der Waals surface area (Å²) in [5.41, 5.74) is 1.71. The average Bonchev–Trinajstić information content (AvgIpc) is 2.81. The van der Waals surface area contributed by atoms with Crippen molar-refractivity contribution >= 4 is 46.4 Å². The maximum absolute atomic E-state index is 12.9. The quantitative estimate of drug-likeness (QED) is 0.510. The smallest absolute Gasteiger partial charge is 0.340 e. The number of para-hydroxylation sites is 2. The molecule has 3 rings (SSSR count). The van der Waals surface area contributed by atoms with Crippen molar-refractivity contribution in [1.82, 2.24) is 0 Å². The molecule has 0 spiro atoms. The van der Waals surface area contributed by atoms with E-state index in [2.05, 4.69) is 5.32 Å². The number of amides is 2. The molecule has 1 N–H and O–H groups in total. The van der Waals surface area contributed by atoms with E-state index in [1.165, 1.54) is 30.2 Å². The summed E-state index contributed by atoms with van der Waals surface area (Å²) in [5.74, 6) is -1.51. The van der Waals surface area contributed by atoms with E-state index in [9.17, 15) is 14.4 Å². The number of hydrogen-bond donors (Lipinski definition) is 1. The van der Waals surface area contributed by atoms with Crippen LogP contribution in [0.5, 0.6) is 0 Å². The van der Waals surface area contributed by atoms with Gasteiger partial charge in [0.15, 0.2) is 0 Å². The molecular weight excluding hydrogens is 432 g/mol. The van der Waals surface area contributed by atoms with Crippen LogP contribution in [0, 0.1) is 0 Å². The zero-order valence-electron chi connectivity index (χ0n) is 17.3. The summed E-state index contributed by atoms with van der Waals surface area (Å²) in [6.07, 6.45) is 0. The summed E-state index contributed by atoms with van der Waals surface area (Å²) in [7, 11) is 1.23. The molecule has 0 aromatic heterocycles. The van der Waals surface area contributed by atoms with Crippen LogP contribution in [0.4, 0.5) is 17.1 Å². The van der Waals surface area contributed by atoms with Crippen LogP contribution in [0.3, 0.4) is 0 Å². The van der Waals surface area contributed by atoms with Gasteiger partial charge in [0.25, 0.3) is 5.91 Å². The minimum Gasteiger partial charge on any atom is -0.465 e. The van der Waals surface area contributed by atoms with Gasteiger partial charge in [-0.3, -0.25) is 14.5 Å². The summed E-state index contributed by atoms with van der Waals surface area (Å²) in [6, 6.07) is 22.7. The fraction of sp³-hybridized carbons (Fsp3) is 0.125. The Labute approximate surface area is 190 Å². The number of benzene rings is 3. The molecular formula is C24H21ClN2O5. The average molecular weight is 453 g/mol. The SMILES string of the molecule is COC(=O)c1cc(Cl)ccc1NC(=O)COCC(=O)N(c1ccccc1)c1ccccc1. The number of carbonyl (C=O) groups is 3. The number of anilines is 3. The Bertz CT molecular complexity index is 1050. The highest BCUT2D eigenvalue weighted by molar-refractivity contribution is 6.31. The van der Waals surface area contributed by atoms with Gasteiger partial charge in [-0.1, -0.05) is 48.0 Å². The molecule has 0 aliphatic rings. The van der Waals surface area contributed by atoms with E-state index in [0.29, 0.717) is 16.4 Å². The van der Waals surface area contributed by atoms with Crippen molar-refractivity contribution in [3.8, 4) is 0 Å². The summed E-state index contributed by atoms with van der Waals surface area (Å²) >= 11 is 5.92. The molecule has 2 amide bonds. The Morgan fingerprint density at radius 2 is 1.47 bits per heavy atom. The maximum Gasteiger partial charge on any atom is 0.340 e. The highest BCUT2D eigenvalue weighted by Crippen LogP contribution is 2.25. The van der Waals surface area contributed by atoms with Gasteiger partial charge < -0.3 is 14.8 Å². The van der Waals surface area contributed by atoms with Gasteiger partial charge >= 0.3 is 5.97 Å². The largest absolute Gasteiger partial charge is 0.465 e. The molecule has 0 aliphatic heterocycles. The van der Waals surface area contributed by atoms with Gasteiger partial charge in [0, 0.05) is 16.4 Å². The third-order valence-electron chi connectivity index (χ3n) is 4.40. The standard InChI is InChI=1S/C24H21ClN2O5/c1-31-24(30)20-14-17(25)12-13-21(20)26-22(28)15-32-16-23(29)27(18-8-4-2-5-9-18)19-10-6-3-7-11-19/h2-14H,15-16H2,1H3,(H,26,28). The van der Waals surface area contributed by atoms with E-state index >= 15 is 0 Å². The zero-order chi connectivity index (χ0) is 22.9. The first-order valence-electron chi connectivity index (χ1n) is 9.68. The van der Waals surface area contributed by atoms with Gasteiger partial charge in [0.1, 0.15) is 13.2 Å². The number of hydrogen-bond acceptors (Lipinski definition) is 5. The number of esters is 1. The molecule has 0 bridgehead atoms. The van der Waals surface area contributed by atoms with Gasteiger partial charge in [0.2, 0.25) is 5.91 Å². The second-order valence-electron chi connectivity index (χ2n) is 6.62. The molecule has 0 aliphatic carbocycles. The molecule has 0 atom stereocenters. The molecule has 32 heavy (non-hydrogen) atoms. The number of nitrogens with zero attached hydrogens (tertiary/aromatic N) is 1. The van der Waals surface area contributed by atoms with Crippen molar-refractivity contribution in [1.29, 1.82) is 0 Å². The summed E-state index contributed by atoms with van der Waals surface area (Å²) < 4.78 is 10.1. The summed E-state index contributed by atoms with van der Waals surface area (Å²) in [5, 5.41) is 2.90. The molecule has 3 aromatic carbocycles. The highest BCUT2D eigenvalue weighted by atomic mass is 35.5. The van der Waals surface area contributed by atoms with Crippen molar-refractivity contribution in [3.05, 3.63) is 89.4 Å². The Hall–Kier alpha value is -3.68. The number of halogens is 1. The van der Waals surface area contributed by atoms with Crippen LogP contribution < -0.4 is 10.2 Å². The fourth-order valence-electron chi connectivity index (χ4n) is 2.98. The number of rotatable bonds is 8. The van der Waals surface area contributed by atoms with Gasteiger partial charge in [-0.2, -0.15) is 0 Å². The predicted molar refractivity (Wildman–Crippen MR) is 122 cm³/mol. The first-order chi connectivity index (χ1) is 15.5. The first-order valence-corrected chi connectivity index (χ1v) is 10.1. The van der Waals surface area contributed by atoms with Gasteiger partial charge in [-0.15, -0.1) is 0 Å². The number of ether oxygens (including phenoxy) is 2. The predicted octanol–water partition coefficient (Wildman–Crippen LogP) is 4.45. The lowest BCUT2D eigenvalue weighted by atomic mass is 10.2. The molecule has 7 nitrogen and oxygen atoms in total. The molecule has 0 saturated heterocycles. The van der Waals surface area contributed by atoms with Crippen molar-refractivity contribution < 1.29 is 23.9 Å². The van der Waals surface area contributed by atoms with Crippen LogP contribution in [-0.2, 0) is 19.1 Å². The van der Waals surface area contributed by atoms with Gasteiger partial charge in [-0.05, 0) is 42.5 Å². The van der Waals surface area contributed by atoms with Crippen LogP contribution in [0.15, 0.2) is 78.9 Å². The van der Waals surface area contributed by atoms with Crippen molar-refractivity contribution in [2.24, 2.45) is 0 Å². The molecule has 0 heterocycles. The topological polar surface area (TPSA) is 84.9 Å². The Balaban J connectivity index is 1.63. The number of carbonyl (C=O) groups excluding carboxylic acids is 3. The van der Waals surface area contributed by atoms with Crippen LogP contribution in [-0.4, -0.2) is 38.1 Å². The third-order valence-corrected chi connectivity index (χ3v) is 4.63. The Morgan fingerprint density at radius 1 is 0.875 bits per heavy atom. The monoisotopic (exact) mass is 452 g/mol. The van der Waals surface area contributed by atoms with Crippen LogP contribution >= 0.6 is 11.6 Å². The van der Waals surface area contributed by atoms with E-state index in [1.807, 2.05) is 60.7 Å². The number of nitrogens with one attached hydrogen (secondary N) is 1. The van der Waals surface area contributed by atoms with Crippen molar-refractivity contribution in [2.75, 3.05) is 30.5 Å². The highest BCUT2D eigenvalue weighted by Gasteiger charge is 2.19. The van der Waals surface area contributed by atoms with Crippen LogP contribution in [0.1, 0.15) is 10.4 Å². The Morgan fingerprint density at radius 3 is 2.03 bits per heavy atom. The Kier molecular flexibility index (Phi) is 7.96. The molecule has 164 valence electrons. The lowest BCUT2D eigenvalue weighted by molar-refractivity contribution is -0.126. The van der Waals surface area contributed by atoms with E-state index in [0.717, 1.165) is 0 Å². The minimum atomic E-state index is -0.639. The normalized spacial score (nSPS) is 10.3. The van der Waals surface area contributed by atoms with E-state index in [1.54, 1.807) is 0 Å². The van der Waals surface area contributed by atoms with Crippen LogP contribution in [0.2, 0.25) is 5.02 Å². The van der Waals surface area contributed by atoms with Crippen molar-refractivity contribution in [2.45, 2.75) is 0 Å². The lowest BCUT2D eigenvalue weighted by Crippen LogP contribution is -2.31. The van der Waals surface area contributed by atoms with E-state index < -0.39 is 11.9 Å². The number of methoxy groups -OCH3 is 1. The molecule has 0 radical (unpaired) electrons. The molecule has 0 fully saturated rings. The maximum atomic E-state index is 12.9. The second-order valence-corrected chi connectivity index (χ2v) is 7.06. The van der Waals surface area contributed by atoms with Crippen LogP contribution in [0.25, 0.3) is 0 Å². The fourth-order valence-corrected chi connectivity index (χ4v) is 3.15. The van der Waals surface area contributed by atoms with E-state index in [4.69, 9.17) is 21.1 Å².